The molecule has 1 amide bonds. The van der Waals surface area contributed by atoms with Crippen LogP contribution in [0.5, 0.6) is 0 Å². The number of hydrogen-bond donors (Lipinski definition) is 0. The lowest BCUT2D eigenvalue weighted by Crippen LogP contribution is -2.66. The van der Waals surface area contributed by atoms with Gasteiger partial charge in [-0.3, -0.25) is 9.79 Å². The fraction of sp³-hybridized carbons (Fsp3) is 0.120. The van der Waals surface area contributed by atoms with E-state index in [0.29, 0.717) is 6.54 Å². The van der Waals surface area contributed by atoms with Gasteiger partial charge in [0.1, 0.15) is 5.92 Å². The summed E-state index contributed by atoms with van der Waals surface area (Å²) >= 11 is 0. The lowest BCUT2D eigenvalue weighted by molar-refractivity contribution is -0.168. The number of rotatable bonds is 6. The van der Waals surface area contributed by atoms with E-state index in [-0.39, 0.29) is 5.91 Å². The van der Waals surface area contributed by atoms with Crippen LogP contribution < -0.4 is 0 Å². The molecule has 4 rings (SSSR count). The minimum atomic E-state index is -0.786. The van der Waals surface area contributed by atoms with Crippen molar-refractivity contribution in [1.82, 2.24) is 4.90 Å². The number of nitrogens with zero attached hydrogens (tertiary/aromatic N) is 2. The average molecular weight is 366 g/mol. The van der Waals surface area contributed by atoms with Crippen molar-refractivity contribution in [3.8, 4) is 0 Å². The predicted molar refractivity (Wildman–Crippen MR) is 113 cm³/mol. The minimum absolute atomic E-state index is 0.0490. The Balaban J connectivity index is 1.80. The van der Waals surface area contributed by atoms with Crippen molar-refractivity contribution >= 4 is 12.1 Å². The third kappa shape index (κ3) is 3.05. The molecule has 1 fully saturated rings. The molecule has 0 N–H and O–H groups in total. The summed E-state index contributed by atoms with van der Waals surface area (Å²) in [5, 5.41) is 0. The van der Waals surface area contributed by atoms with Gasteiger partial charge < -0.3 is 4.90 Å². The first-order valence-corrected chi connectivity index (χ1v) is 9.39. The fourth-order valence-electron chi connectivity index (χ4n) is 3.79. The molecule has 0 radical (unpaired) electrons. The van der Waals surface area contributed by atoms with E-state index in [1.165, 1.54) is 0 Å². The Morgan fingerprint density at radius 2 is 1.46 bits per heavy atom. The highest BCUT2D eigenvalue weighted by Crippen LogP contribution is 2.49. The van der Waals surface area contributed by atoms with Gasteiger partial charge in [-0.25, -0.2) is 0 Å². The minimum Gasteiger partial charge on any atom is -0.308 e. The molecular formula is C25H22N2O. The van der Waals surface area contributed by atoms with Crippen LogP contribution in [-0.2, 0) is 17.0 Å². The highest BCUT2D eigenvalue weighted by Gasteiger charge is 2.59. The molecule has 0 saturated carbocycles. The Morgan fingerprint density at radius 3 is 2.07 bits per heavy atom. The second-order valence-electron chi connectivity index (χ2n) is 6.88. The maximum atomic E-state index is 13.0. The molecule has 2 unspecified atom stereocenters. The molecule has 0 aromatic heterocycles. The molecule has 3 nitrogen and oxygen atoms in total. The first kappa shape index (κ1) is 17.9. The molecular weight excluding hydrogens is 344 g/mol. The number of amides is 1. The summed E-state index contributed by atoms with van der Waals surface area (Å²) in [6, 6.07) is 30.0. The average Bonchev–Trinajstić information content (AvgIpc) is 2.77. The predicted octanol–water partition coefficient (Wildman–Crippen LogP) is 4.80. The van der Waals surface area contributed by atoms with E-state index >= 15 is 0 Å². The molecule has 138 valence electrons. The van der Waals surface area contributed by atoms with Crippen molar-refractivity contribution in [2.45, 2.75) is 12.2 Å². The molecule has 1 aliphatic heterocycles. The fourth-order valence-corrected chi connectivity index (χ4v) is 3.79. The van der Waals surface area contributed by atoms with Crippen LogP contribution in [0.1, 0.15) is 16.7 Å². The smallest absolute Gasteiger partial charge is 0.236 e. The van der Waals surface area contributed by atoms with E-state index in [0.717, 1.165) is 16.7 Å². The number of hydrogen-bond acceptors (Lipinski definition) is 2. The Labute approximate surface area is 165 Å². The summed E-state index contributed by atoms with van der Waals surface area (Å²) < 4.78 is 0. The maximum absolute atomic E-state index is 13.0. The summed E-state index contributed by atoms with van der Waals surface area (Å²) in [5.41, 5.74) is 2.28. The van der Waals surface area contributed by atoms with Gasteiger partial charge >= 0.3 is 0 Å². The quantitative estimate of drug-likeness (QED) is 0.350. The van der Waals surface area contributed by atoms with Gasteiger partial charge in [-0.15, -0.1) is 6.58 Å². The van der Waals surface area contributed by atoms with Crippen molar-refractivity contribution in [3.05, 3.63) is 120 Å². The molecule has 0 bridgehead atoms. The van der Waals surface area contributed by atoms with Crippen LogP contribution in [0.25, 0.3) is 0 Å². The largest absolute Gasteiger partial charge is 0.308 e. The molecule has 2 atom stereocenters. The van der Waals surface area contributed by atoms with E-state index in [1.54, 1.807) is 6.08 Å². The highest BCUT2D eigenvalue weighted by molar-refractivity contribution is 5.91. The standard InChI is InChI=1S/C25H22N2O/c1-2-23-24(28)27(19-21-14-8-4-9-15-21)25(23,22-16-10-5-11-17-22)26-18-20-12-6-3-7-13-20/h2-18,23H,1,19H2/b26-18+. The molecule has 3 heteroatoms. The van der Waals surface area contributed by atoms with Crippen molar-refractivity contribution in [2.24, 2.45) is 10.9 Å². The van der Waals surface area contributed by atoms with Crippen molar-refractivity contribution in [2.75, 3.05) is 0 Å². The van der Waals surface area contributed by atoms with E-state index in [1.807, 2.05) is 102 Å². The van der Waals surface area contributed by atoms with Gasteiger partial charge in [0.2, 0.25) is 5.91 Å². The van der Waals surface area contributed by atoms with E-state index < -0.39 is 11.6 Å². The molecule has 1 heterocycles. The van der Waals surface area contributed by atoms with Crippen LogP contribution >= 0.6 is 0 Å². The summed E-state index contributed by atoms with van der Waals surface area (Å²) in [5.74, 6) is -0.341. The first-order valence-electron chi connectivity index (χ1n) is 9.39. The summed E-state index contributed by atoms with van der Waals surface area (Å²) in [6.45, 7) is 4.43. The van der Waals surface area contributed by atoms with E-state index in [4.69, 9.17) is 4.99 Å². The van der Waals surface area contributed by atoms with Gasteiger partial charge in [0.15, 0.2) is 5.66 Å². The zero-order valence-corrected chi connectivity index (χ0v) is 15.6. The Bertz CT molecular complexity index is 983. The van der Waals surface area contributed by atoms with Crippen LogP contribution in [0.2, 0.25) is 0 Å². The van der Waals surface area contributed by atoms with Gasteiger partial charge in [0, 0.05) is 18.3 Å². The van der Waals surface area contributed by atoms with Gasteiger partial charge in [-0.1, -0.05) is 97.1 Å². The topological polar surface area (TPSA) is 32.7 Å². The SMILES string of the molecule is C=CC1C(=O)N(Cc2ccccc2)C1(/N=C/c1ccccc1)c1ccccc1. The van der Waals surface area contributed by atoms with Crippen LogP contribution in [0, 0.1) is 5.92 Å². The molecule has 3 aromatic carbocycles. The first-order chi connectivity index (χ1) is 13.8. The lowest BCUT2D eigenvalue weighted by atomic mass is 9.75. The van der Waals surface area contributed by atoms with Crippen molar-refractivity contribution in [3.63, 3.8) is 0 Å². The summed E-state index contributed by atoms with van der Waals surface area (Å²) in [7, 11) is 0. The summed E-state index contributed by atoms with van der Waals surface area (Å²) in [4.78, 5) is 19.8. The molecule has 28 heavy (non-hydrogen) atoms. The normalized spacial score (nSPS) is 21.5. The Morgan fingerprint density at radius 1 is 0.893 bits per heavy atom. The maximum Gasteiger partial charge on any atom is 0.236 e. The van der Waals surface area contributed by atoms with Crippen LogP contribution in [-0.4, -0.2) is 17.0 Å². The number of β-lactam (4-membered cyclic amide) rings is 1. The van der Waals surface area contributed by atoms with Gasteiger partial charge in [-0.2, -0.15) is 0 Å². The monoisotopic (exact) mass is 366 g/mol. The third-order valence-electron chi connectivity index (χ3n) is 5.21. The number of carbonyl (C=O) groups excluding carboxylic acids is 1. The van der Waals surface area contributed by atoms with Crippen molar-refractivity contribution < 1.29 is 4.79 Å². The second kappa shape index (κ2) is 7.65. The Kier molecular flexibility index (Phi) is 4.90. The molecule has 1 saturated heterocycles. The lowest BCUT2D eigenvalue weighted by Gasteiger charge is -2.54. The Hall–Kier alpha value is -3.46. The molecule has 3 aromatic rings. The van der Waals surface area contributed by atoms with Crippen molar-refractivity contribution in [1.29, 1.82) is 0 Å². The third-order valence-corrected chi connectivity index (χ3v) is 5.21. The number of aliphatic imine (C=N–C) groups is 1. The number of likely N-dealkylation sites (tertiary alicyclic amines) is 1. The second-order valence-corrected chi connectivity index (χ2v) is 6.88. The number of benzene rings is 3. The molecule has 0 spiro atoms. The van der Waals surface area contributed by atoms with Gasteiger partial charge in [0.05, 0.1) is 0 Å². The zero-order chi connectivity index (χ0) is 19.4. The number of carbonyl (C=O) groups is 1. The van der Waals surface area contributed by atoms with Crippen LogP contribution in [0.4, 0.5) is 0 Å². The zero-order valence-electron chi connectivity index (χ0n) is 15.6. The van der Waals surface area contributed by atoms with Crippen LogP contribution in [0.3, 0.4) is 0 Å². The van der Waals surface area contributed by atoms with Gasteiger partial charge in [0.25, 0.3) is 0 Å². The van der Waals surface area contributed by atoms with Crippen LogP contribution in [0.15, 0.2) is 109 Å². The van der Waals surface area contributed by atoms with E-state index in [2.05, 4.69) is 6.58 Å². The van der Waals surface area contributed by atoms with E-state index in [9.17, 15) is 4.79 Å². The van der Waals surface area contributed by atoms with Gasteiger partial charge in [-0.05, 0) is 11.1 Å². The molecule has 0 aliphatic carbocycles. The molecule has 1 aliphatic rings. The summed E-state index contributed by atoms with van der Waals surface area (Å²) in [6.07, 6.45) is 3.58. The highest BCUT2D eigenvalue weighted by atomic mass is 16.2.